The molecule has 0 saturated heterocycles. The van der Waals surface area contributed by atoms with Crippen molar-refractivity contribution in [2.24, 2.45) is 5.92 Å². The van der Waals surface area contributed by atoms with E-state index in [1.807, 2.05) is 36.4 Å². The number of carbonyl (C=O) groups is 2. The summed E-state index contributed by atoms with van der Waals surface area (Å²) in [6.07, 6.45) is 5.48. The Bertz CT molecular complexity index is 471. The minimum atomic E-state index is 0.0848. The third-order valence-corrected chi connectivity index (χ3v) is 3.39. The second-order valence-corrected chi connectivity index (χ2v) is 4.89. The van der Waals surface area contributed by atoms with Crippen LogP contribution in [0.3, 0.4) is 0 Å². The Morgan fingerprint density at radius 3 is 2.61 bits per heavy atom. The Hall–Kier alpha value is -1.70. The summed E-state index contributed by atoms with van der Waals surface area (Å²) < 4.78 is 0. The first-order valence-electron chi connectivity index (χ1n) is 6.47. The Balaban J connectivity index is 2.22. The van der Waals surface area contributed by atoms with Gasteiger partial charge in [0.1, 0.15) is 5.78 Å². The van der Waals surface area contributed by atoms with Crippen molar-refractivity contribution in [2.75, 3.05) is 0 Å². The predicted octanol–water partition coefficient (Wildman–Crippen LogP) is 3.57. The maximum atomic E-state index is 12.4. The smallest absolute Gasteiger partial charge is 0.188 e. The van der Waals surface area contributed by atoms with Gasteiger partial charge in [-0.3, -0.25) is 4.79 Å². The molecule has 1 aromatic carbocycles. The molecule has 2 heteroatoms. The first-order chi connectivity index (χ1) is 8.68. The normalized spacial score (nSPS) is 19.2. The van der Waals surface area contributed by atoms with Gasteiger partial charge in [0.05, 0.1) is 0 Å². The molecule has 0 fully saturated rings. The van der Waals surface area contributed by atoms with Crippen molar-refractivity contribution < 1.29 is 9.59 Å². The zero-order valence-corrected chi connectivity index (χ0v) is 10.7. The van der Waals surface area contributed by atoms with Crippen LogP contribution in [0.15, 0.2) is 42.0 Å². The molecule has 1 aromatic rings. The van der Waals surface area contributed by atoms with E-state index in [4.69, 9.17) is 0 Å². The van der Waals surface area contributed by atoms with Gasteiger partial charge in [-0.2, -0.15) is 0 Å². The molecule has 18 heavy (non-hydrogen) atoms. The first-order valence-corrected chi connectivity index (χ1v) is 6.47. The molecule has 0 aliphatic heterocycles. The molecule has 94 valence electrons. The molecule has 0 bridgehead atoms. The van der Waals surface area contributed by atoms with Gasteiger partial charge < -0.3 is 4.79 Å². The molecule has 0 unspecified atom stereocenters. The number of carbonyl (C=O) groups excluding carboxylic acids is 2. The van der Waals surface area contributed by atoms with Crippen LogP contribution in [0, 0.1) is 5.92 Å². The predicted molar refractivity (Wildman–Crippen MR) is 71.5 cm³/mol. The van der Waals surface area contributed by atoms with E-state index in [2.05, 4.69) is 0 Å². The summed E-state index contributed by atoms with van der Waals surface area (Å²) in [5.41, 5.74) is 1.56. The van der Waals surface area contributed by atoms with Gasteiger partial charge in [0, 0.05) is 12.0 Å². The van der Waals surface area contributed by atoms with Crippen LogP contribution in [0.1, 0.15) is 43.0 Å². The van der Waals surface area contributed by atoms with Crippen molar-refractivity contribution >= 4 is 11.6 Å². The van der Waals surface area contributed by atoms with Gasteiger partial charge in [0.15, 0.2) is 5.78 Å². The number of benzene rings is 1. The van der Waals surface area contributed by atoms with Crippen LogP contribution in [-0.2, 0) is 4.79 Å². The quantitative estimate of drug-likeness (QED) is 0.756. The molecule has 0 heterocycles. The number of hydrogen-bond acceptors (Lipinski definition) is 2. The van der Waals surface area contributed by atoms with Gasteiger partial charge in [-0.25, -0.2) is 0 Å². The zero-order valence-electron chi connectivity index (χ0n) is 10.7. The standard InChI is InChI=1S/C16H18O2/c1-12(17)11-14-9-5-6-10-15(14)16(18)13-7-3-2-4-8-13/h2-4,7-8,10,14H,5-6,9,11H2,1H3/t14-/m0/s1. The highest BCUT2D eigenvalue weighted by Crippen LogP contribution is 2.30. The van der Waals surface area contributed by atoms with Gasteiger partial charge in [0.2, 0.25) is 0 Å². The number of ketones is 2. The fourth-order valence-corrected chi connectivity index (χ4v) is 2.54. The minimum Gasteiger partial charge on any atom is -0.300 e. The van der Waals surface area contributed by atoms with Gasteiger partial charge in [-0.15, -0.1) is 0 Å². The van der Waals surface area contributed by atoms with E-state index in [0.29, 0.717) is 6.42 Å². The summed E-state index contributed by atoms with van der Waals surface area (Å²) in [7, 11) is 0. The highest BCUT2D eigenvalue weighted by atomic mass is 16.1. The Morgan fingerprint density at radius 1 is 1.22 bits per heavy atom. The van der Waals surface area contributed by atoms with Crippen molar-refractivity contribution in [2.45, 2.75) is 32.6 Å². The Morgan fingerprint density at radius 2 is 1.94 bits per heavy atom. The summed E-state index contributed by atoms with van der Waals surface area (Å²) in [5.74, 6) is 0.360. The molecule has 1 aliphatic carbocycles. The van der Waals surface area contributed by atoms with Crippen LogP contribution in [0.4, 0.5) is 0 Å². The van der Waals surface area contributed by atoms with Crippen molar-refractivity contribution in [3.05, 3.63) is 47.5 Å². The third kappa shape index (κ3) is 2.95. The van der Waals surface area contributed by atoms with Crippen LogP contribution in [0.2, 0.25) is 0 Å². The lowest BCUT2D eigenvalue weighted by atomic mass is 9.81. The largest absolute Gasteiger partial charge is 0.300 e. The van der Waals surface area contributed by atoms with Crippen molar-refractivity contribution in [3.63, 3.8) is 0 Å². The van der Waals surface area contributed by atoms with Crippen molar-refractivity contribution in [1.29, 1.82) is 0 Å². The second kappa shape index (κ2) is 5.76. The van der Waals surface area contributed by atoms with Crippen LogP contribution in [0.25, 0.3) is 0 Å². The van der Waals surface area contributed by atoms with E-state index in [-0.39, 0.29) is 17.5 Å². The highest BCUT2D eigenvalue weighted by Gasteiger charge is 2.25. The number of allylic oxidation sites excluding steroid dienone is 2. The average Bonchev–Trinajstić information content (AvgIpc) is 2.39. The molecule has 1 atom stereocenters. The summed E-state index contributed by atoms with van der Waals surface area (Å²) in [6.45, 7) is 1.60. The zero-order chi connectivity index (χ0) is 13.0. The lowest BCUT2D eigenvalue weighted by Gasteiger charge is -2.22. The molecular weight excluding hydrogens is 224 g/mol. The van der Waals surface area contributed by atoms with Gasteiger partial charge in [-0.05, 0) is 37.7 Å². The lowest BCUT2D eigenvalue weighted by Crippen LogP contribution is -2.19. The Kier molecular flexibility index (Phi) is 4.08. The lowest BCUT2D eigenvalue weighted by molar-refractivity contribution is -0.117. The van der Waals surface area contributed by atoms with Crippen molar-refractivity contribution in [3.8, 4) is 0 Å². The highest BCUT2D eigenvalue weighted by molar-refractivity contribution is 6.09. The van der Waals surface area contributed by atoms with E-state index in [1.165, 1.54) is 0 Å². The maximum absolute atomic E-state index is 12.4. The van der Waals surface area contributed by atoms with E-state index in [9.17, 15) is 9.59 Å². The molecule has 0 radical (unpaired) electrons. The van der Waals surface area contributed by atoms with Crippen LogP contribution < -0.4 is 0 Å². The molecule has 0 N–H and O–H groups in total. The first kappa shape index (κ1) is 12.7. The van der Waals surface area contributed by atoms with E-state index >= 15 is 0 Å². The molecule has 0 aromatic heterocycles. The average molecular weight is 242 g/mol. The molecule has 2 nitrogen and oxygen atoms in total. The van der Waals surface area contributed by atoms with Gasteiger partial charge in [0.25, 0.3) is 0 Å². The molecule has 0 saturated carbocycles. The SMILES string of the molecule is CC(=O)C[C@@H]1CCCC=C1C(=O)c1ccccc1. The summed E-state index contributed by atoms with van der Waals surface area (Å²) >= 11 is 0. The van der Waals surface area contributed by atoms with Gasteiger partial charge in [-0.1, -0.05) is 36.4 Å². The number of Topliss-reactive ketones (excluding diaryl/α,β-unsaturated/α-hetero) is 2. The third-order valence-electron chi connectivity index (χ3n) is 3.39. The molecular formula is C16H18O2. The van der Waals surface area contributed by atoms with Crippen LogP contribution in [-0.4, -0.2) is 11.6 Å². The summed E-state index contributed by atoms with van der Waals surface area (Å²) in [5, 5.41) is 0. The van der Waals surface area contributed by atoms with Crippen LogP contribution in [0.5, 0.6) is 0 Å². The summed E-state index contributed by atoms with van der Waals surface area (Å²) in [6, 6.07) is 9.32. The molecule has 0 amide bonds. The van der Waals surface area contributed by atoms with E-state index in [1.54, 1.807) is 6.92 Å². The number of rotatable bonds is 4. The fraction of sp³-hybridized carbons (Fsp3) is 0.375. The Labute approximate surface area is 108 Å². The summed E-state index contributed by atoms with van der Waals surface area (Å²) in [4.78, 5) is 23.7. The van der Waals surface area contributed by atoms with E-state index in [0.717, 1.165) is 30.4 Å². The molecule has 2 rings (SSSR count). The van der Waals surface area contributed by atoms with Crippen LogP contribution >= 0.6 is 0 Å². The second-order valence-electron chi connectivity index (χ2n) is 4.89. The maximum Gasteiger partial charge on any atom is 0.188 e. The molecule has 1 aliphatic rings. The van der Waals surface area contributed by atoms with E-state index < -0.39 is 0 Å². The van der Waals surface area contributed by atoms with Gasteiger partial charge >= 0.3 is 0 Å². The van der Waals surface area contributed by atoms with Crippen molar-refractivity contribution in [1.82, 2.24) is 0 Å². The minimum absolute atomic E-state index is 0.0848. The molecule has 0 spiro atoms. The monoisotopic (exact) mass is 242 g/mol. The fourth-order valence-electron chi connectivity index (χ4n) is 2.54. The number of hydrogen-bond donors (Lipinski definition) is 0. The topological polar surface area (TPSA) is 34.1 Å².